The molecule has 0 saturated carbocycles. The van der Waals surface area contributed by atoms with Crippen molar-refractivity contribution in [2.24, 2.45) is 12.0 Å². The third-order valence-electron chi connectivity index (χ3n) is 3.27. The Labute approximate surface area is 131 Å². The minimum Gasteiger partial charge on any atom is -0.363 e. The van der Waals surface area contributed by atoms with E-state index in [-0.39, 0.29) is 0 Å². The number of aliphatic imine (C=N–C) groups is 1. The van der Waals surface area contributed by atoms with Gasteiger partial charge in [0.2, 0.25) is 0 Å². The molecule has 0 saturated heterocycles. The third-order valence-corrected chi connectivity index (χ3v) is 3.27. The summed E-state index contributed by atoms with van der Waals surface area (Å²) in [7, 11) is 7.63. The molecule has 22 heavy (non-hydrogen) atoms. The van der Waals surface area contributed by atoms with Crippen molar-refractivity contribution < 1.29 is 0 Å². The molecule has 2 aromatic rings. The fraction of sp³-hybridized carbons (Fsp3) is 0.400. The molecule has 0 aliphatic rings. The van der Waals surface area contributed by atoms with Crippen molar-refractivity contribution in [1.29, 1.82) is 0 Å². The van der Waals surface area contributed by atoms with E-state index in [1.165, 1.54) is 0 Å². The van der Waals surface area contributed by atoms with Crippen molar-refractivity contribution in [2.45, 2.75) is 13.1 Å². The van der Waals surface area contributed by atoms with Gasteiger partial charge in [0.25, 0.3) is 0 Å². The number of guanidine groups is 1. The first kappa shape index (κ1) is 15.8. The van der Waals surface area contributed by atoms with Crippen LogP contribution in [0.4, 0.5) is 5.82 Å². The first-order valence-corrected chi connectivity index (χ1v) is 7.15. The quantitative estimate of drug-likeness (QED) is 0.630. The van der Waals surface area contributed by atoms with Gasteiger partial charge in [-0.05, 0) is 18.2 Å². The second-order valence-electron chi connectivity index (χ2n) is 5.11. The molecule has 0 amide bonds. The molecule has 0 spiro atoms. The molecular weight excluding hydrogens is 278 g/mol. The van der Waals surface area contributed by atoms with Gasteiger partial charge in [0, 0.05) is 34.4 Å². The molecule has 2 rings (SSSR count). The Balaban J connectivity index is 1.89. The van der Waals surface area contributed by atoms with E-state index in [0.29, 0.717) is 13.1 Å². The second kappa shape index (κ2) is 7.44. The number of aryl methyl sites for hydroxylation is 1. The van der Waals surface area contributed by atoms with E-state index in [0.717, 1.165) is 23.2 Å². The molecule has 2 aromatic heterocycles. The Kier molecular flexibility index (Phi) is 5.35. The normalized spacial score (nSPS) is 11.4. The highest BCUT2D eigenvalue weighted by Gasteiger charge is 2.03. The summed E-state index contributed by atoms with van der Waals surface area (Å²) in [6.07, 6.45) is 1.78. The number of nitrogens with one attached hydrogen (secondary N) is 2. The van der Waals surface area contributed by atoms with Crippen LogP contribution < -0.4 is 15.5 Å². The van der Waals surface area contributed by atoms with E-state index in [1.807, 2.05) is 55.0 Å². The number of nitrogens with zero attached hydrogens (tertiary/aromatic N) is 5. The van der Waals surface area contributed by atoms with Crippen molar-refractivity contribution in [3.05, 3.63) is 41.9 Å². The highest BCUT2D eigenvalue weighted by molar-refractivity contribution is 5.79. The monoisotopic (exact) mass is 301 g/mol. The predicted molar refractivity (Wildman–Crippen MR) is 88.8 cm³/mol. The van der Waals surface area contributed by atoms with Crippen LogP contribution >= 0.6 is 0 Å². The van der Waals surface area contributed by atoms with Gasteiger partial charge in [0.15, 0.2) is 5.96 Å². The third kappa shape index (κ3) is 4.21. The first-order chi connectivity index (χ1) is 10.6. The van der Waals surface area contributed by atoms with E-state index in [1.54, 1.807) is 13.2 Å². The molecule has 0 atom stereocenters. The van der Waals surface area contributed by atoms with E-state index < -0.39 is 0 Å². The average molecular weight is 301 g/mol. The van der Waals surface area contributed by atoms with E-state index in [2.05, 4.69) is 25.7 Å². The fourth-order valence-electron chi connectivity index (χ4n) is 1.96. The van der Waals surface area contributed by atoms with Crippen molar-refractivity contribution >= 4 is 11.8 Å². The Morgan fingerprint density at radius 3 is 2.64 bits per heavy atom. The Morgan fingerprint density at radius 2 is 2.00 bits per heavy atom. The standard InChI is InChI=1S/C15H23N7/c1-16-15(18-11-13-8-9-19-22(13)4)17-10-12-6-5-7-14(20-12)21(2)3/h5-9H,10-11H2,1-4H3,(H2,16,17,18). The van der Waals surface area contributed by atoms with Gasteiger partial charge in [-0.15, -0.1) is 0 Å². The van der Waals surface area contributed by atoms with Crippen molar-refractivity contribution in [3.63, 3.8) is 0 Å². The summed E-state index contributed by atoms with van der Waals surface area (Å²) < 4.78 is 1.84. The van der Waals surface area contributed by atoms with Crippen molar-refractivity contribution in [2.75, 3.05) is 26.0 Å². The molecule has 2 N–H and O–H groups in total. The van der Waals surface area contributed by atoms with Crippen molar-refractivity contribution in [3.8, 4) is 0 Å². The lowest BCUT2D eigenvalue weighted by Crippen LogP contribution is -2.37. The van der Waals surface area contributed by atoms with E-state index >= 15 is 0 Å². The predicted octanol–water partition coefficient (Wildman–Crippen LogP) is 0.746. The molecule has 0 bridgehead atoms. The highest BCUT2D eigenvalue weighted by Crippen LogP contribution is 2.07. The zero-order chi connectivity index (χ0) is 15.9. The van der Waals surface area contributed by atoms with Crippen LogP contribution in [-0.4, -0.2) is 41.9 Å². The Morgan fingerprint density at radius 1 is 1.23 bits per heavy atom. The summed E-state index contributed by atoms with van der Waals surface area (Å²) in [6, 6.07) is 7.96. The lowest BCUT2D eigenvalue weighted by molar-refractivity contribution is 0.683. The highest BCUT2D eigenvalue weighted by atomic mass is 15.3. The topological polar surface area (TPSA) is 70.4 Å². The van der Waals surface area contributed by atoms with E-state index in [4.69, 9.17) is 0 Å². The fourth-order valence-corrected chi connectivity index (χ4v) is 1.96. The molecule has 0 fully saturated rings. The molecular formula is C15H23N7. The average Bonchev–Trinajstić information content (AvgIpc) is 2.93. The maximum atomic E-state index is 4.57. The number of rotatable bonds is 5. The minimum absolute atomic E-state index is 0.618. The number of aromatic nitrogens is 3. The second-order valence-corrected chi connectivity index (χ2v) is 5.11. The zero-order valence-corrected chi connectivity index (χ0v) is 13.5. The van der Waals surface area contributed by atoms with Gasteiger partial charge in [0.05, 0.1) is 24.5 Å². The lowest BCUT2D eigenvalue weighted by atomic mass is 10.3. The molecule has 0 aromatic carbocycles. The maximum absolute atomic E-state index is 4.57. The Hall–Kier alpha value is -2.57. The molecule has 7 nitrogen and oxygen atoms in total. The van der Waals surface area contributed by atoms with Crippen LogP contribution in [0.1, 0.15) is 11.4 Å². The molecule has 7 heteroatoms. The van der Waals surface area contributed by atoms with Gasteiger partial charge in [-0.25, -0.2) is 4.98 Å². The number of hydrogen-bond acceptors (Lipinski definition) is 4. The first-order valence-electron chi connectivity index (χ1n) is 7.15. The van der Waals surface area contributed by atoms with Crippen LogP contribution in [0.5, 0.6) is 0 Å². The van der Waals surface area contributed by atoms with Crippen LogP contribution in [0.25, 0.3) is 0 Å². The lowest BCUT2D eigenvalue weighted by Gasteiger charge is -2.14. The summed E-state index contributed by atoms with van der Waals surface area (Å²) in [6.45, 7) is 1.29. The van der Waals surface area contributed by atoms with Crippen LogP contribution in [-0.2, 0) is 20.1 Å². The van der Waals surface area contributed by atoms with Gasteiger partial charge in [-0.2, -0.15) is 5.10 Å². The number of anilines is 1. The van der Waals surface area contributed by atoms with Crippen LogP contribution in [0.15, 0.2) is 35.5 Å². The summed E-state index contributed by atoms with van der Waals surface area (Å²) in [5.74, 6) is 1.68. The molecule has 0 aliphatic carbocycles. The Bertz CT molecular complexity index is 630. The molecule has 0 radical (unpaired) electrons. The van der Waals surface area contributed by atoms with Crippen molar-refractivity contribution in [1.82, 2.24) is 25.4 Å². The van der Waals surface area contributed by atoms with Crippen LogP contribution in [0.2, 0.25) is 0 Å². The summed E-state index contributed by atoms with van der Waals surface area (Å²) in [5.41, 5.74) is 2.06. The summed E-state index contributed by atoms with van der Waals surface area (Å²) in [4.78, 5) is 10.8. The van der Waals surface area contributed by atoms with Gasteiger partial charge in [0.1, 0.15) is 5.82 Å². The van der Waals surface area contributed by atoms with Gasteiger partial charge in [-0.1, -0.05) is 6.07 Å². The van der Waals surface area contributed by atoms with Gasteiger partial charge >= 0.3 is 0 Å². The molecule has 0 aliphatic heterocycles. The largest absolute Gasteiger partial charge is 0.363 e. The summed E-state index contributed by atoms with van der Waals surface area (Å²) in [5, 5.41) is 10.7. The maximum Gasteiger partial charge on any atom is 0.191 e. The number of hydrogen-bond donors (Lipinski definition) is 2. The molecule has 0 unspecified atom stereocenters. The van der Waals surface area contributed by atoms with E-state index in [9.17, 15) is 0 Å². The SMILES string of the molecule is CN=C(NCc1cccc(N(C)C)n1)NCc1ccnn1C. The summed E-state index contributed by atoms with van der Waals surface area (Å²) >= 11 is 0. The van der Waals surface area contributed by atoms with Gasteiger partial charge < -0.3 is 15.5 Å². The number of pyridine rings is 1. The van der Waals surface area contributed by atoms with Crippen LogP contribution in [0, 0.1) is 0 Å². The minimum atomic E-state index is 0.618. The van der Waals surface area contributed by atoms with Gasteiger partial charge in [-0.3, -0.25) is 9.67 Å². The zero-order valence-electron chi connectivity index (χ0n) is 13.5. The van der Waals surface area contributed by atoms with Crippen LogP contribution in [0.3, 0.4) is 0 Å². The smallest absolute Gasteiger partial charge is 0.191 e. The molecule has 118 valence electrons. The molecule has 2 heterocycles.